The minimum absolute atomic E-state index is 0.0432. The SMILES string of the molecule is O=C(O)CCOc1ccc2c(c1Cl)OC1=NC(O)NC(=O)C1=C2. The second-order valence-electron chi connectivity index (χ2n) is 4.73. The topological polar surface area (TPSA) is 117 Å². The number of hydrogen-bond donors (Lipinski definition) is 3. The molecule has 2 heterocycles. The van der Waals surface area contributed by atoms with Gasteiger partial charge in [0.2, 0.25) is 12.2 Å². The molecule has 2 aliphatic heterocycles. The van der Waals surface area contributed by atoms with E-state index in [0.29, 0.717) is 5.56 Å². The number of carboxylic acid groups (broad SMARTS) is 1. The number of nitrogens with zero attached hydrogens (tertiary/aromatic N) is 1. The van der Waals surface area contributed by atoms with E-state index >= 15 is 0 Å². The Hall–Kier alpha value is -2.58. The number of hydrogen-bond acceptors (Lipinski definition) is 6. The van der Waals surface area contributed by atoms with Crippen molar-refractivity contribution < 1.29 is 29.3 Å². The first-order chi connectivity index (χ1) is 11.0. The van der Waals surface area contributed by atoms with Gasteiger partial charge in [0, 0.05) is 5.56 Å². The molecule has 120 valence electrons. The monoisotopic (exact) mass is 338 g/mol. The predicted molar refractivity (Wildman–Crippen MR) is 79.4 cm³/mol. The molecule has 0 aliphatic carbocycles. The van der Waals surface area contributed by atoms with Gasteiger partial charge in [-0.1, -0.05) is 11.6 Å². The lowest BCUT2D eigenvalue weighted by atomic mass is 10.0. The quantitative estimate of drug-likeness (QED) is 0.746. The van der Waals surface area contributed by atoms with Gasteiger partial charge in [0.25, 0.3) is 5.91 Å². The van der Waals surface area contributed by atoms with E-state index in [1.54, 1.807) is 12.1 Å². The number of benzene rings is 1. The first kappa shape index (κ1) is 15.3. The van der Waals surface area contributed by atoms with Crippen LogP contribution >= 0.6 is 11.6 Å². The molecule has 0 saturated carbocycles. The summed E-state index contributed by atoms with van der Waals surface area (Å²) in [5.74, 6) is -1.06. The van der Waals surface area contributed by atoms with Crippen LogP contribution in [-0.2, 0) is 9.59 Å². The lowest BCUT2D eigenvalue weighted by Gasteiger charge is -2.25. The van der Waals surface area contributed by atoms with Crippen LogP contribution in [0.25, 0.3) is 6.08 Å². The van der Waals surface area contributed by atoms with Gasteiger partial charge in [-0.15, -0.1) is 0 Å². The first-order valence-electron chi connectivity index (χ1n) is 6.59. The van der Waals surface area contributed by atoms with E-state index in [-0.39, 0.29) is 41.0 Å². The number of carboxylic acids is 1. The van der Waals surface area contributed by atoms with Crippen LogP contribution in [0.15, 0.2) is 22.7 Å². The van der Waals surface area contributed by atoms with E-state index in [1.807, 2.05) is 0 Å². The lowest BCUT2D eigenvalue weighted by Crippen LogP contribution is -2.43. The maximum absolute atomic E-state index is 11.8. The van der Waals surface area contributed by atoms with E-state index < -0.39 is 18.2 Å². The summed E-state index contributed by atoms with van der Waals surface area (Å²) in [5, 5.41) is 20.4. The maximum atomic E-state index is 11.8. The molecule has 3 rings (SSSR count). The Balaban J connectivity index is 1.91. The molecular weight excluding hydrogens is 328 g/mol. The van der Waals surface area contributed by atoms with Gasteiger partial charge < -0.3 is 25.0 Å². The van der Waals surface area contributed by atoms with Crippen molar-refractivity contribution in [3.8, 4) is 11.5 Å². The van der Waals surface area contributed by atoms with Crippen molar-refractivity contribution in [1.29, 1.82) is 0 Å². The Bertz CT molecular complexity index is 758. The van der Waals surface area contributed by atoms with Crippen LogP contribution in [0.4, 0.5) is 0 Å². The van der Waals surface area contributed by atoms with Gasteiger partial charge in [-0.25, -0.2) is 0 Å². The molecule has 0 radical (unpaired) electrons. The maximum Gasteiger partial charge on any atom is 0.306 e. The number of carbonyl (C=O) groups is 2. The molecule has 23 heavy (non-hydrogen) atoms. The predicted octanol–water partition coefficient (Wildman–Crippen LogP) is 0.773. The molecule has 1 amide bonds. The zero-order chi connectivity index (χ0) is 16.6. The minimum atomic E-state index is -1.38. The number of amides is 1. The molecule has 1 aromatic rings. The van der Waals surface area contributed by atoms with Gasteiger partial charge >= 0.3 is 5.97 Å². The molecular formula is C14H11ClN2O6. The number of aliphatic carboxylic acids is 1. The molecule has 2 aliphatic rings. The van der Waals surface area contributed by atoms with E-state index in [4.69, 9.17) is 26.2 Å². The Morgan fingerprint density at radius 2 is 2.26 bits per heavy atom. The number of nitrogens with one attached hydrogen (secondary N) is 1. The van der Waals surface area contributed by atoms with Crippen LogP contribution in [0.5, 0.6) is 11.5 Å². The minimum Gasteiger partial charge on any atom is -0.491 e. The fourth-order valence-corrected chi connectivity index (χ4v) is 2.36. The van der Waals surface area contributed by atoms with Gasteiger partial charge in [-0.2, -0.15) is 4.99 Å². The number of aliphatic hydroxyl groups excluding tert-OH is 1. The third-order valence-electron chi connectivity index (χ3n) is 3.14. The first-order valence-corrected chi connectivity index (χ1v) is 6.97. The number of ether oxygens (including phenoxy) is 2. The third kappa shape index (κ3) is 2.99. The fraction of sp³-hybridized carbons (Fsp3) is 0.214. The van der Waals surface area contributed by atoms with E-state index in [2.05, 4.69) is 10.3 Å². The van der Waals surface area contributed by atoms with Crippen LogP contribution in [-0.4, -0.2) is 40.9 Å². The summed E-state index contributed by atoms with van der Waals surface area (Å²) >= 11 is 6.20. The largest absolute Gasteiger partial charge is 0.491 e. The summed E-state index contributed by atoms with van der Waals surface area (Å²) in [5.41, 5.74) is 0.722. The standard InChI is InChI=1S/C14H11ClN2O6/c15-10-8(22-4-3-9(18)19)2-1-6-5-7-12(20)16-14(21)17-13(7)23-11(6)10/h1-2,5,14,21H,3-4H2,(H,16,20)(H,18,19). The van der Waals surface area contributed by atoms with Gasteiger partial charge in [0.15, 0.2) is 5.75 Å². The lowest BCUT2D eigenvalue weighted by molar-refractivity contribution is -0.137. The van der Waals surface area contributed by atoms with Crippen LogP contribution in [0.1, 0.15) is 12.0 Å². The Kier molecular flexibility index (Phi) is 3.93. The zero-order valence-electron chi connectivity index (χ0n) is 11.6. The molecule has 0 aromatic heterocycles. The number of fused-ring (bicyclic) bond motifs is 2. The van der Waals surface area contributed by atoms with E-state index in [9.17, 15) is 14.7 Å². The van der Waals surface area contributed by atoms with Crippen LogP contribution in [0, 0.1) is 0 Å². The second-order valence-corrected chi connectivity index (χ2v) is 5.11. The summed E-state index contributed by atoms with van der Waals surface area (Å²) in [6.07, 6.45) is -0.0200. The van der Waals surface area contributed by atoms with Crippen LogP contribution < -0.4 is 14.8 Å². The summed E-state index contributed by atoms with van der Waals surface area (Å²) < 4.78 is 10.8. The van der Waals surface area contributed by atoms with Gasteiger partial charge in [-0.3, -0.25) is 9.59 Å². The van der Waals surface area contributed by atoms with Gasteiger partial charge in [0.1, 0.15) is 16.3 Å². The molecule has 3 N–H and O–H groups in total. The van der Waals surface area contributed by atoms with Crippen molar-refractivity contribution in [3.63, 3.8) is 0 Å². The van der Waals surface area contributed by atoms with Crippen molar-refractivity contribution >= 4 is 35.5 Å². The van der Waals surface area contributed by atoms with Crippen molar-refractivity contribution in [2.45, 2.75) is 12.8 Å². The van der Waals surface area contributed by atoms with E-state index in [1.165, 1.54) is 6.08 Å². The van der Waals surface area contributed by atoms with Crippen molar-refractivity contribution in [1.82, 2.24) is 5.32 Å². The van der Waals surface area contributed by atoms with Gasteiger partial charge in [0.05, 0.1) is 13.0 Å². The molecule has 1 atom stereocenters. The number of aliphatic imine (C=N–C) groups is 1. The molecule has 1 aromatic carbocycles. The molecule has 8 nitrogen and oxygen atoms in total. The van der Waals surface area contributed by atoms with Gasteiger partial charge in [-0.05, 0) is 18.2 Å². The molecule has 0 saturated heterocycles. The molecule has 1 unspecified atom stereocenters. The Morgan fingerprint density at radius 1 is 1.48 bits per heavy atom. The number of carbonyl (C=O) groups excluding carboxylic acids is 1. The number of rotatable bonds is 4. The Morgan fingerprint density at radius 3 is 3.00 bits per heavy atom. The number of halogens is 1. The average molecular weight is 339 g/mol. The Labute approximate surface area is 135 Å². The second kappa shape index (κ2) is 5.90. The summed E-state index contributed by atoms with van der Waals surface area (Å²) in [4.78, 5) is 26.1. The zero-order valence-corrected chi connectivity index (χ0v) is 12.3. The normalized spacial score (nSPS) is 18.7. The highest BCUT2D eigenvalue weighted by atomic mass is 35.5. The smallest absolute Gasteiger partial charge is 0.306 e. The molecule has 0 bridgehead atoms. The molecule has 0 spiro atoms. The van der Waals surface area contributed by atoms with Crippen LogP contribution in [0.3, 0.4) is 0 Å². The van der Waals surface area contributed by atoms with Crippen molar-refractivity contribution in [2.75, 3.05) is 6.61 Å². The molecule has 0 fully saturated rings. The average Bonchev–Trinajstić information content (AvgIpc) is 2.48. The fourth-order valence-electron chi connectivity index (χ4n) is 2.10. The third-order valence-corrected chi connectivity index (χ3v) is 3.50. The summed E-state index contributed by atoms with van der Waals surface area (Å²) in [7, 11) is 0. The summed E-state index contributed by atoms with van der Waals surface area (Å²) in [6.45, 7) is -0.0446. The van der Waals surface area contributed by atoms with Crippen LogP contribution in [0.2, 0.25) is 5.02 Å². The highest BCUT2D eigenvalue weighted by Crippen LogP contribution is 2.41. The number of aliphatic hydroxyl groups is 1. The summed E-state index contributed by atoms with van der Waals surface area (Å²) in [6, 6.07) is 3.18. The van der Waals surface area contributed by atoms with E-state index in [0.717, 1.165) is 0 Å². The van der Waals surface area contributed by atoms with Crippen molar-refractivity contribution in [2.24, 2.45) is 4.99 Å². The molecule has 9 heteroatoms. The van der Waals surface area contributed by atoms with Crippen molar-refractivity contribution in [3.05, 3.63) is 28.3 Å². The highest BCUT2D eigenvalue weighted by Gasteiger charge is 2.31. The highest BCUT2D eigenvalue weighted by molar-refractivity contribution is 6.35.